The Hall–Kier alpha value is -0.0800. The zero-order valence-corrected chi connectivity index (χ0v) is 11.6. The van der Waals surface area contributed by atoms with Gasteiger partial charge in [0.05, 0.1) is 5.60 Å². The fourth-order valence-corrected chi connectivity index (χ4v) is 3.62. The molecule has 1 spiro atoms. The minimum Gasteiger partial charge on any atom is -0.375 e. The molecule has 2 heteroatoms. The SMILES string of the molecule is CCCC(CC)NC1CCOC2(CCCC2)C1. The standard InChI is InChI=1S/C15H29NO/c1-3-7-13(4-2)16-14-8-11-17-15(12-14)9-5-6-10-15/h13-14,16H,3-12H2,1-2H3. The van der Waals surface area contributed by atoms with Gasteiger partial charge in [0.25, 0.3) is 0 Å². The summed E-state index contributed by atoms with van der Waals surface area (Å²) < 4.78 is 6.09. The van der Waals surface area contributed by atoms with Crippen molar-refractivity contribution in [1.82, 2.24) is 5.32 Å². The van der Waals surface area contributed by atoms with E-state index in [0.717, 1.165) is 12.6 Å². The van der Waals surface area contributed by atoms with Gasteiger partial charge in [-0.05, 0) is 38.5 Å². The molecule has 0 aromatic rings. The number of ether oxygens (including phenoxy) is 1. The summed E-state index contributed by atoms with van der Waals surface area (Å²) in [4.78, 5) is 0. The molecule has 1 aliphatic heterocycles. The molecule has 2 aliphatic rings. The van der Waals surface area contributed by atoms with Gasteiger partial charge in [0.15, 0.2) is 0 Å². The van der Waals surface area contributed by atoms with Crippen LogP contribution in [0.3, 0.4) is 0 Å². The first kappa shape index (κ1) is 13.4. The van der Waals surface area contributed by atoms with E-state index in [1.807, 2.05) is 0 Å². The Balaban J connectivity index is 1.84. The van der Waals surface area contributed by atoms with Crippen LogP contribution in [0.1, 0.15) is 71.6 Å². The minimum atomic E-state index is 0.264. The van der Waals surface area contributed by atoms with Crippen LogP contribution in [-0.2, 0) is 4.74 Å². The molecule has 2 unspecified atom stereocenters. The van der Waals surface area contributed by atoms with Crippen LogP contribution >= 0.6 is 0 Å². The summed E-state index contributed by atoms with van der Waals surface area (Å²) in [6.45, 7) is 5.56. The fraction of sp³-hybridized carbons (Fsp3) is 1.00. The van der Waals surface area contributed by atoms with Crippen molar-refractivity contribution >= 4 is 0 Å². The second-order valence-corrected chi connectivity index (χ2v) is 5.99. The molecule has 1 aliphatic carbocycles. The highest BCUT2D eigenvalue weighted by atomic mass is 16.5. The molecule has 2 fully saturated rings. The number of rotatable bonds is 5. The lowest BCUT2D eigenvalue weighted by Crippen LogP contribution is -2.48. The molecule has 0 amide bonds. The average molecular weight is 239 g/mol. The molecule has 0 bridgehead atoms. The first-order chi connectivity index (χ1) is 8.28. The van der Waals surface area contributed by atoms with Crippen molar-refractivity contribution in [2.24, 2.45) is 0 Å². The maximum absolute atomic E-state index is 6.09. The Kier molecular flexibility index (Phi) is 4.87. The summed E-state index contributed by atoms with van der Waals surface area (Å²) in [6, 6.07) is 1.43. The Morgan fingerprint density at radius 1 is 1.29 bits per heavy atom. The van der Waals surface area contributed by atoms with Crippen LogP contribution in [0.5, 0.6) is 0 Å². The van der Waals surface area contributed by atoms with E-state index in [4.69, 9.17) is 4.74 Å². The van der Waals surface area contributed by atoms with Crippen LogP contribution in [0.25, 0.3) is 0 Å². The second kappa shape index (κ2) is 6.19. The van der Waals surface area contributed by atoms with Crippen molar-refractivity contribution in [1.29, 1.82) is 0 Å². The highest BCUT2D eigenvalue weighted by Crippen LogP contribution is 2.40. The van der Waals surface area contributed by atoms with Crippen LogP contribution in [0, 0.1) is 0 Å². The predicted octanol–water partition coefficient (Wildman–Crippen LogP) is 3.65. The third kappa shape index (κ3) is 3.45. The Bertz CT molecular complexity index is 223. The predicted molar refractivity (Wildman–Crippen MR) is 72.3 cm³/mol. The van der Waals surface area contributed by atoms with Crippen molar-refractivity contribution in [2.75, 3.05) is 6.61 Å². The summed E-state index contributed by atoms with van der Waals surface area (Å²) in [5.41, 5.74) is 0.264. The maximum atomic E-state index is 6.09. The van der Waals surface area contributed by atoms with E-state index in [-0.39, 0.29) is 5.60 Å². The molecule has 1 saturated heterocycles. The summed E-state index contributed by atoms with van der Waals surface area (Å²) in [7, 11) is 0. The third-order valence-electron chi connectivity index (χ3n) is 4.61. The van der Waals surface area contributed by atoms with Gasteiger partial charge in [-0.1, -0.05) is 33.1 Å². The largest absolute Gasteiger partial charge is 0.375 e. The van der Waals surface area contributed by atoms with Crippen LogP contribution in [0.4, 0.5) is 0 Å². The third-order valence-corrected chi connectivity index (χ3v) is 4.61. The van der Waals surface area contributed by atoms with E-state index in [9.17, 15) is 0 Å². The lowest BCUT2D eigenvalue weighted by Gasteiger charge is -2.40. The highest BCUT2D eigenvalue weighted by molar-refractivity contribution is 4.94. The van der Waals surface area contributed by atoms with Gasteiger partial charge in [0.2, 0.25) is 0 Å². The Labute approximate surface area is 107 Å². The van der Waals surface area contributed by atoms with Gasteiger partial charge in [0.1, 0.15) is 0 Å². The molecule has 1 N–H and O–H groups in total. The minimum absolute atomic E-state index is 0.264. The molecule has 2 atom stereocenters. The molecule has 100 valence electrons. The highest BCUT2D eigenvalue weighted by Gasteiger charge is 2.39. The normalized spacial score (nSPS) is 29.6. The summed E-state index contributed by atoms with van der Waals surface area (Å²) >= 11 is 0. The lowest BCUT2D eigenvalue weighted by atomic mass is 9.88. The molecule has 2 nitrogen and oxygen atoms in total. The number of hydrogen-bond donors (Lipinski definition) is 1. The summed E-state index contributed by atoms with van der Waals surface area (Å²) in [6.07, 6.45) is 11.7. The fourth-order valence-electron chi connectivity index (χ4n) is 3.62. The average Bonchev–Trinajstić information content (AvgIpc) is 2.77. The van der Waals surface area contributed by atoms with Crippen LogP contribution in [-0.4, -0.2) is 24.3 Å². The van der Waals surface area contributed by atoms with Gasteiger partial charge in [-0.15, -0.1) is 0 Å². The molecular weight excluding hydrogens is 210 g/mol. The van der Waals surface area contributed by atoms with E-state index in [0.29, 0.717) is 6.04 Å². The molecule has 2 rings (SSSR count). The second-order valence-electron chi connectivity index (χ2n) is 5.99. The van der Waals surface area contributed by atoms with E-state index in [1.165, 1.54) is 57.8 Å². The Morgan fingerprint density at radius 3 is 2.71 bits per heavy atom. The van der Waals surface area contributed by atoms with Gasteiger partial charge in [-0.25, -0.2) is 0 Å². The smallest absolute Gasteiger partial charge is 0.0697 e. The molecule has 0 radical (unpaired) electrons. The van der Waals surface area contributed by atoms with Crippen LogP contribution in [0.2, 0.25) is 0 Å². The van der Waals surface area contributed by atoms with Crippen molar-refractivity contribution in [2.45, 2.75) is 89.3 Å². The van der Waals surface area contributed by atoms with Crippen molar-refractivity contribution in [3.8, 4) is 0 Å². The van der Waals surface area contributed by atoms with E-state index < -0.39 is 0 Å². The molecule has 17 heavy (non-hydrogen) atoms. The summed E-state index contributed by atoms with van der Waals surface area (Å²) in [5, 5.41) is 3.88. The van der Waals surface area contributed by atoms with Crippen LogP contribution in [0.15, 0.2) is 0 Å². The van der Waals surface area contributed by atoms with Gasteiger partial charge < -0.3 is 10.1 Å². The molecule has 0 aromatic heterocycles. The van der Waals surface area contributed by atoms with E-state index >= 15 is 0 Å². The molecular formula is C15H29NO. The molecule has 1 heterocycles. The molecule has 0 aromatic carbocycles. The Morgan fingerprint density at radius 2 is 2.06 bits per heavy atom. The summed E-state index contributed by atoms with van der Waals surface area (Å²) in [5.74, 6) is 0. The number of nitrogens with one attached hydrogen (secondary N) is 1. The zero-order valence-electron chi connectivity index (χ0n) is 11.6. The van der Waals surface area contributed by atoms with Gasteiger partial charge >= 0.3 is 0 Å². The maximum Gasteiger partial charge on any atom is 0.0697 e. The first-order valence-electron chi connectivity index (χ1n) is 7.68. The number of hydrogen-bond acceptors (Lipinski definition) is 2. The van der Waals surface area contributed by atoms with Gasteiger partial charge in [0, 0.05) is 18.7 Å². The quantitative estimate of drug-likeness (QED) is 0.791. The first-order valence-corrected chi connectivity index (χ1v) is 7.68. The van der Waals surface area contributed by atoms with Gasteiger partial charge in [-0.3, -0.25) is 0 Å². The van der Waals surface area contributed by atoms with Gasteiger partial charge in [-0.2, -0.15) is 0 Å². The van der Waals surface area contributed by atoms with Crippen molar-refractivity contribution in [3.05, 3.63) is 0 Å². The van der Waals surface area contributed by atoms with Crippen molar-refractivity contribution < 1.29 is 4.74 Å². The van der Waals surface area contributed by atoms with Crippen LogP contribution < -0.4 is 5.32 Å². The van der Waals surface area contributed by atoms with E-state index in [2.05, 4.69) is 19.2 Å². The lowest BCUT2D eigenvalue weighted by molar-refractivity contribution is -0.0848. The monoisotopic (exact) mass is 239 g/mol. The van der Waals surface area contributed by atoms with Crippen molar-refractivity contribution in [3.63, 3.8) is 0 Å². The zero-order chi connectivity index (χ0) is 12.1. The topological polar surface area (TPSA) is 21.3 Å². The van der Waals surface area contributed by atoms with E-state index in [1.54, 1.807) is 0 Å². The molecule has 1 saturated carbocycles.